The van der Waals surface area contributed by atoms with Crippen LogP contribution in [-0.4, -0.2) is 48.4 Å². The lowest BCUT2D eigenvalue weighted by molar-refractivity contribution is 0.0928. The third kappa shape index (κ3) is 3.25. The van der Waals surface area contributed by atoms with Crippen molar-refractivity contribution in [2.24, 2.45) is 0 Å². The number of aromatic nitrogens is 1. The van der Waals surface area contributed by atoms with Crippen LogP contribution in [0.3, 0.4) is 0 Å². The second kappa shape index (κ2) is 7.34. The van der Waals surface area contributed by atoms with Gasteiger partial charge in [-0.05, 0) is 24.1 Å². The molecule has 0 aliphatic carbocycles. The van der Waals surface area contributed by atoms with Crippen molar-refractivity contribution >= 4 is 22.4 Å². The molecular weight excluding hydrogens is 322 g/mol. The maximum Gasteiger partial charge on any atom is 0.178 e. The first kappa shape index (κ1) is 16.9. The van der Waals surface area contributed by atoms with Crippen LogP contribution in [0.2, 0.25) is 0 Å². The maximum absolute atomic E-state index is 12.9. The highest BCUT2D eigenvalue weighted by molar-refractivity contribution is 6.09. The zero-order chi connectivity index (χ0) is 17.9. The first-order valence-electron chi connectivity index (χ1n) is 9.41. The Hall–Kier alpha value is -2.59. The standard InChI is InChI=1S/C22H25N3O/c1-2-17-7-6-10-19-20(15-23-22(17)19)21(26)16-24-11-13-25(14-12-24)18-8-4-3-5-9-18/h3-10,15,23H,2,11-14,16H2,1H3. The lowest BCUT2D eigenvalue weighted by Gasteiger charge is -2.35. The number of nitrogens with zero attached hydrogens (tertiary/aromatic N) is 2. The average molecular weight is 347 g/mol. The lowest BCUT2D eigenvalue weighted by Crippen LogP contribution is -2.48. The molecule has 26 heavy (non-hydrogen) atoms. The third-order valence-electron chi connectivity index (χ3n) is 5.34. The van der Waals surface area contributed by atoms with E-state index in [1.54, 1.807) is 0 Å². The van der Waals surface area contributed by atoms with Gasteiger partial charge in [-0.1, -0.05) is 43.3 Å². The Balaban J connectivity index is 1.42. The first-order chi connectivity index (χ1) is 12.8. The van der Waals surface area contributed by atoms with Crippen molar-refractivity contribution in [3.8, 4) is 0 Å². The van der Waals surface area contributed by atoms with Crippen molar-refractivity contribution in [1.82, 2.24) is 9.88 Å². The Morgan fingerprint density at radius 2 is 1.77 bits per heavy atom. The number of Topliss-reactive ketones (excluding diaryl/α,β-unsaturated/α-hetero) is 1. The highest BCUT2D eigenvalue weighted by Crippen LogP contribution is 2.23. The van der Waals surface area contributed by atoms with E-state index in [1.165, 1.54) is 11.3 Å². The number of rotatable bonds is 5. The summed E-state index contributed by atoms with van der Waals surface area (Å²) < 4.78 is 0. The molecule has 1 N–H and O–H groups in total. The molecule has 0 spiro atoms. The van der Waals surface area contributed by atoms with Crippen LogP contribution in [0.5, 0.6) is 0 Å². The monoisotopic (exact) mass is 347 g/mol. The second-order valence-corrected chi connectivity index (χ2v) is 6.92. The van der Waals surface area contributed by atoms with Gasteiger partial charge >= 0.3 is 0 Å². The number of piperazine rings is 1. The predicted molar refractivity (Wildman–Crippen MR) is 107 cm³/mol. The summed E-state index contributed by atoms with van der Waals surface area (Å²) in [6.45, 7) is 6.40. The van der Waals surface area contributed by atoms with E-state index in [2.05, 4.69) is 52.0 Å². The van der Waals surface area contributed by atoms with Crippen molar-refractivity contribution in [2.75, 3.05) is 37.6 Å². The van der Waals surface area contributed by atoms with E-state index in [0.717, 1.165) is 49.1 Å². The number of para-hydroxylation sites is 2. The Morgan fingerprint density at radius 1 is 1.00 bits per heavy atom. The number of aromatic amines is 1. The van der Waals surface area contributed by atoms with Crippen LogP contribution in [0.1, 0.15) is 22.8 Å². The van der Waals surface area contributed by atoms with E-state index < -0.39 is 0 Å². The van der Waals surface area contributed by atoms with Gasteiger partial charge in [0, 0.05) is 54.5 Å². The number of carbonyl (C=O) groups is 1. The van der Waals surface area contributed by atoms with Crippen LogP contribution in [0.25, 0.3) is 10.9 Å². The molecule has 2 heterocycles. The summed E-state index contributed by atoms with van der Waals surface area (Å²) >= 11 is 0. The number of ketones is 1. The van der Waals surface area contributed by atoms with Gasteiger partial charge in [-0.25, -0.2) is 0 Å². The van der Waals surface area contributed by atoms with Crippen LogP contribution in [0, 0.1) is 0 Å². The topological polar surface area (TPSA) is 39.3 Å². The predicted octanol–water partition coefficient (Wildman–Crippen LogP) is 3.74. The number of nitrogens with one attached hydrogen (secondary N) is 1. The molecule has 134 valence electrons. The van der Waals surface area contributed by atoms with Crippen LogP contribution in [0.15, 0.2) is 54.7 Å². The molecule has 1 aliphatic heterocycles. The van der Waals surface area contributed by atoms with Crippen LogP contribution in [-0.2, 0) is 6.42 Å². The largest absolute Gasteiger partial charge is 0.369 e. The Bertz CT molecular complexity index is 892. The molecule has 1 fully saturated rings. The summed E-state index contributed by atoms with van der Waals surface area (Å²) in [5.41, 5.74) is 4.45. The van der Waals surface area contributed by atoms with E-state index in [-0.39, 0.29) is 5.78 Å². The van der Waals surface area contributed by atoms with Gasteiger partial charge in [0.05, 0.1) is 6.54 Å². The van der Waals surface area contributed by atoms with Crippen LogP contribution < -0.4 is 4.90 Å². The molecular formula is C22H25N3O. The van der Waals surface area contributed by atoms with Gasteiger partial charge in [0.2, 0.25) is 0 Å². The van der Waals surface area contributed by atoms with Gasteiger partial charge in [0.25, 0.3) is 0 Å². The maximum atomic E-state index is 12.9. The number of anilines is 1. The molecule has 1 aromatic heterocycles. The number of benzene rings is 2. The number of carbonyl (C=O) groups excluding carboxylic acids is 1. The van der Waals surface area contributed by atoms with E-state index >= 15 is 0 Å². The average Bonchev–Trinajstić information content (AvgIpc) is 3.13. The van der Waals surface area contributed by atoms with Gasteiger partial charge in [-0.2, -0.15) is 0 Å². The number of hydrogen-bond acceptors (Lipinski definition) is 3. The van der Waals surface area contributed by atoms with E-state index in [0.29, 0.717) is 6.54 Å². The molecule has 4 rings (SSSR count). The number of fused-ring (bicyclic) bond motifs is 1. The zero-order valence-electron chi connectivity index (χ0n) is 15.2. The minimum Gasteiger partial charge on any atom is -0.369 e. The SMILES string of the molecule is CCc1cccc2c(C(=O)CN3CCN(c4ccccc4)CC3)c[nH]c12. The Labute approximate surface area is 154 Å². The first-order valence-corrected chi connectivity index (χ1v) is 9.41. The molecule has 0 atom stereocenters. The molecule has 0 saturated carbocycles. The number of hydrogen-bond donors (Lipinski definition) is 1. The smallest absolute Gasteiger partial charge is 0.178 e. The fourth-order valence-electron chi connectivity index (χ4n) is 3.83. The summed E-state index contributed by atoms with van der Waals surface area (Å²) in [4.78, 5) is 20.8. The number of aryl methyl sites for hydroxylation is 1. The normalized spacial score (nSPS) is 15.5. The van der Waals surface area contributed by atoms with Crippen molar-refractivity contribution in [3.05, 3.63) is 65.9 Å². The highest BCUT2D eigenvalue weighted by Gasteiger charge is 2.21. The lowest BCUT2D eigenvalue weighted by atomic mass is 10.0. The molecule has 4 nitrogen and oxygen atoms in total. The molecule has 1 aliphatic rings. The summed E-state index contributed by atoms with van der Waals surface area (Å²) in [5, 5.41) is 1.05. The quantitative estimate of drug-likeness (QED) is 0.715. The van der Waals surface area contributed by atoms with Crippen molar-refractivity contribution in [3.63, 3.8) is 0 Å². The molecule has 1 saturated heterocycles. The van der Waals surface area contributed by atoms with E-state index in [4.69, 9.17) is 0 Å². The van der Waals surface area contributed by atoms with Crippen molar-refractivity contribution in [1.29, 1.82) is 0 Å². The Morgan fingerprint density at radius 3 is 2.50 bits per heavy atom. The molecule has 4 heteroatoms. The number of H-pyrrole nitrogens is 1. The highest BCUT2D eigenvalue weighted by atomic mass is 16.1. The summed E-state index contributed by atoms with van der Waals surface area (Å²) in [6.07, 6.45) is 2.85. The van der Waals surface area contributed by atoms with E-state index in [1.807, 2.05) is 24.4 Å². The summed E-state index contributed by atoms with van der Waals surface area (Å²) in [6, 6.07) is 16.7. The minimum absolute atomic E-state index is 0.206. The Kier molecular flexibility index (Phi) is 4.76. The van der Waals surface area contributed by atoms with Gasteiger partial charge in [0.1, 0.15) is 0 Å². The van der Waals surface area contributed by atoms with Gasteiger partial charge in [0.15, 0.2) is 5.78 Å². The molecule has 0 unspecified atom stereocenters. The molecule has 0 bridgehead atoms. The van der Waals surface area contributed by atoms with Gasteiger partial charge < -0.3 is 9.88 Å². The van der Waals surface area contributed by atoms with Crippen LogP contribution >= 0.6 is 0 Å². The zero-order valence-corrected chi connectivity index (χ0v) is 15.2. The fraction of sp³-hybridized carbons (Fsp3) is 0.318. The fourth-order valence-corrected chi connectivity index (χ4v) is 3.83. The van der Waals surface area contributed by atoms with E-state index in [9.17, 15) is 4.79 Å². The second-order valence-electron chi connectivity index (χ2n) is 6.92. The van der Waals surface area contributed by atoms with Crippen LogP contribution in [0.4, 0.5) is 5.69 Å². The summed E-state index contributed by atoms with van der Waals surface area (Å²) in [7, 11) is 0. The van der Waals surface area contributed by atoms with Gasteiger partial charge in [-0.15, -0.1) is 0 Å². The van der Waals surface area contributed by atoms with Crippen molar-refractivity contribution < 1.29 is 4.79 Å². The van der Waals surface area contributed by atoms with Gasteiger partial charge in [-0.3, -0.25) is 9.69 Å². The molecule has 0 radical (unpaired) electrons. The molecule has 2 aromatic carbocycles. The molecule has 0 amide bonds. The summed E-state index contributed by atoms with van der Waals surface area (Å²) in [5.74, 6) is 0.206. The molecule has 3 aromatic rings. The van der Waals surface area contributed by atoms with Crippen molar-refractivity contribution in [2.45, 2.75) is 13.3 Å². The minimum atomic E-state index is 0.206. The third-order valence-corrected chi connectivity index (χ3v) is 5.34.